The number of benzene rings is 8. The molecule has 0 fully saturated rings. The van der Waals surface area contributed by atoms with Crippen LogP contribution in [0, 0.1) is 0 Å². The fourth-order valence-electron chi connectivity index (χ4n) is 8.70. The van der Waals surface area contributed by atoms with Crippen molar-refractivity contribution < 1.29 is 9.47 Å². The molecule has 0 saturated carbocycles. The molecule has 3 aromatic heterocycles. The molecular formula is C50H35N3O2. The zero-order chi connectivity index (χ0) is 36.6. The van der Waals surface area contributed by atoms with Crippen LogP contribution in [0.4, 0.5) is 0 Å². The minimum absolute atomic E-state index is 0.836. The first-order valence-electron chi connectivity index (χ1n) is 18.6. The van der Waals surface area contributed by atoms with Crippen molar-refractivity contribution >= 4 is 65.4 Å². The third-order valence-electron chi connectivity index (χ3n) is 11.2. The molecule has 0 N–H and O–H groups in total. The summed E-state index contributed by atoms with van der Waals surface area (Å²) < 4.78 is 18.5. The highest BCUT2D eigenvalue weighted by molar-refractivity contribution is 6.13. The highest BCUT2D eigenvalue weighted by atomic mass is 16.5. The lowest BCUT2D eigenvalue weighted by Crippen LogP contribution is -1.97. The van der Waals surface area contributed by atoms with E-state index >= 15 is 0 Å². The fourth-order valence-corrected chi connectivity index (χ4v) is 8.70. The van der Waals surface area contributed by atoms with E-state index in [0.29, 0.717) is 0 Å². The average molecular weight is 710 g/mol. The van der Waals surface area contributed by atoms with E-state index < -0.39 is 0 Å². The molecule has 0 bridgehead atoms. The molecule has 0 aliphatic heterocycles. The number of methoxy groups -OCH3 is 2. The molecule has 5 nitrogen and oxygen atoms in total. The Morgan fingerprint density at radius 3 is 1.07 bits per heavy atom. The van der Waals surface area contributed by atoms with E-state index in [4.69, 9.17) is 9.47 Å². The van der Waals surface area contributed by atoms with Gasteiger partial charge in [-0.1, -0.05) is 66.7 Å². The second-order valence-corrected chi connectivity index (χ2v) is 14.1. The van der Waals surface area contributed by atoms with Gasteiger partial charge >= 0.3 is 0 Å². The molecule has 11 rings (SSSR count). The Kier molecular flexibility index (Phi) is 6.92. The Bertz CT molecular complexity index is 3220. The van der Waals surface area contributed by atoms with Gasteiger partial charge in [-0.3, -0.25) is 0 Å². The van der Waals surface area contributed by atoms with Crippen molar-refractivity contribution in [1.29, 1.82) is 0 Å². The predicted molar refractivity (Wildman–Crippen MR) is 228 cm³/mol. The molecule has 0 spiro atoms. The summed E-state index contributed by atoms with van der Waals surface area (Å²) in [5.41, 5.74) is 12.7. The van der Waals surface area contributed by atoms with Crippen LogP contribution in [-0.2, 0) is 0 Å². The molecule has 0 radical (unpaired) electrons. The predicted octanol–water partition coefficient (Wildman–Crippen LogP) is 12.7. The Labute approximate surface area is 317 Å². The Hall–Kier alpha value is -7.24. The zero-order valence-electron chi connectivity index (χ0n) is 30.4. The first-order chi connectivity index (χ1) is 27.2. The lowest BCUT2D eigenvalue weighted by atomic mass is 10.0. The molecule has 0 saturated heterocycles. The van der Waals surface area contributed by atoms with E-state index in [-0.39, 0.29) is 0 Å². The summed E-state index contributed by atoms with van der Waals surface area (Å²) in [5, 5.41) is 7.18. The molecule has 5 heteroatoms. The van der Waals surface area contributed by atoms with Crippen LogP contribution >= 0.6 is 0 Å². The monoisotopic (exact) mass is 709 g/mol. The quantitative estimate of drug-likeness (QED) is 0.172. The maximum Gasteiger partial charge on any atom is 0.119 e. The number of ether oxygens (including phenoxy) is 2. The van der Waals surface area contributed by atoms with Gasteiger partial charge in [-0.2, -0.15) is 0 Å². The van der Waals surface area contributed by atoms with E-state index in [1.807, 2.05) is 6.07 Å². The lowest BCUT2D eigenvalue weighted by Gasteiger charge is -2.12. The molecule has 3 heterocycles. The van der Waals surface area contributed by atoms with Gasteiger partial charge in [-0.05, 0) is 120 Å². The standard InChI is InChI=1S/C50H35N3O2/c1-54-37-22-26-49-43(30-37)41-28-32(16-24-47(41)51(49)34-10-4-3-5-11-34)33-17-25-48-42(29-33)44-31-38(55-2)23-27-50(44)53(48)36-20-18-35(19-21-36)52-45-14-8-6-12-39(45)40-13-7-9-15-46(40)52/h3-31H,1-2H3. The minimum atomic E-state index is 0.836. The first-order valence-corrected chi connectivity index (χ1v) is 18.6. The smallest absolute Gasteiger partial charge is 0.119 e. The summed E-state index contributed by atoms with van der Waals surface area (Å²) in [6.07, 6.45) is 0. The van der Waals surface area contributed by atoms with Crippen LogP contribution in [-0.4, -0.2) is 27.9 Å². The normalized spacial score (nSPS) is 11.8. The van der Waals surface area contributed by atoms with Crippen molar-refractivity contribution in [2.45, 2.75) is 0 Å². The Balaban J connectivity index is 1.07. The van der Waals surface area contributed by atoms with Gasteiger partial charge < -0.3 is 23.2 Å². The number of nitrogens with zero attached hydrogens (tertiary/aromatic N) is 3. The van der Waals surface area contributed by atoms with Crippen LogP contribution in [0.1, 0.15) is 0 Å². The Morgan fingerprint density at radius 1 is 0.291 bits per heavy atom. The van der Waals surface area contributed by atoms with E-state index in [2.05, 4.69) is 184 Å². The van der Waals surface area contributed by atoms with Crippen molar-refractivity contribution in [3.05, 3.63) is 176 Å². The Morgan fingerprint density at radius 2 is 0.636 bits per heavy atom. The largest absolute Gasteiger partial charge is 0.497 e. The van der Waals surface area contributed by atoms with E-state index in [9.17, 15) is 0 Å². The molecule has 0 amide bonds. The highest BCUT2D eigenvalue weighted by Gasteiger charge is 2.18. The van der Waals surface area contributed by atoms with Crippen molar-refractivity contribution in [3.8, 4) is 39.7 Å². The van der Waals surface area contributed by atoms with Gasteiger partial charge in [0.25, 0.3) is 0 Å². The molecule has 262 valence electrons. The van der Waals surface area contributed by atoms with Crippen LogP contribution in [0.3, 0.4) is 0 Å². The average Bonchev–Trinajstić information content (AvgIpc) is 3.88. The van der Waals surface area contributed by atoms with E-state index in [0.717, 1.165) is 72.5 Å². The van der Waals surface area contributed by atoms with Gasteiger partial charge in [-0.15, -0.1) is 0 Å². The topological polar surface area (TPSA) is 33.2 Å². The zero-order valence-corrected chi connectivity index (χ0v) is 30.4. The summed E-state index contributed by atoms with van der Waals surface area (Å²) in [6, 6.07) is 63.2. The summed E-state index contributed by atoms with van der Waals surface area (Å²) in [7, 11) is 3.46. The van der Waals surface area contributed by atoms with Crippen molar-refractivity contribution in [3.63, 3.8) is 0 Å². The second kappa shape index (κ2) is 12.2. The molecule has 0 aliphatic carbocycles. The molecule has 0 atom stereocenters. The van der Waals surface area contributed by atoms with E-state index in [1.165, 1.54) is 32.6 Å². The lowest BCUT2D eigenvalue weighted by molar-refractivity contribution is 0.415. The molecule has 0 aliphatic rings. The number of hydrogen-bond donors (Lipinski definition) is 0. The number of rotatable bonds is 6. The molecule has 0 unspecified atom stereocenters. The van der Waals surface area contributed by atoms with Gasteiger partial charge in [0.1, 0.15) is 11.5 Å². The number of para-hydroxylation sites is 3. The summed E-state index contributed by atoms with van der Waals surface area (Å²) in [4.78, 5) is 0. The van der Waals surface area contributed by atoms with Crippen LogP contribution in [0.2, 0.25) is 0 Å². The highest BCUT2D eigenvalue weighted by Crippen LogP contribution is 2.40. The molecule has 8 aromatic carbocycles. The number of aromatic nitrogens is 3. The van der Waals surface area contributed by atoms with Crippen molar-refractivity contribution in [2.24, 2.45) is 0 Å². The van der Waals surface area contributed by atoms with Gasteiger partial charge in [0.15, 0.2) is 0 Å². The molecular weight excluding hydrogens is 675 g/mol. The van der Waals surface area contributed by atoms with Gasteiger partial charge in [0.2, 0.25) is 0 Å². The van der Waals surface area contributed by atoms with Crippen LogP contribution in [0.15, 0.2) is 176 Å². The summed E-state index contributed by atoms with van der Waals surface area (Å²) in [6.45, 7) is 0. The van der Waals surface area contributed by atoms with E-state index in [1.54, 1.807) is 14.2 Å². The SMILES string of the molecule is COc1ccc2c(c1)c1cc(-c3ccc4c(c3)c3cc(OC)ccc3n4-c3ccc(-n4c5ccccc5c5ccccc54)cc3)ccc1n2-c1ccccc1. The van der Waals surface area contributed by atoms with Crippen LogP contribution < -0.4 is 9.47 Å². The van der Waals surface area contributed by atoms with Gasteiger partial charge in [-0.25, -0.2) is 0 Å². The van der Waals surface area contributed by atoms with Crippen molar-refractivity contribution in [2.75, 3.05) is 14.2 Å². The van der Waals surface area contributed by atoms with Gasteiger partial charge in [0.05, 0.1) is 47.3 Å². The second-order valence-electron chi connectivity index (χ2n) is 14.1. The first kappa shape index (κ1) is 31.3. The summed E-state index contributed by atoms with van der Waals surface area (Å²) >= 11 is 0. The van der Waals surface area contributed by atoms with Crippen LogP contribution in [0.25, 0.3) is 93.6 Å². The maximum absolute atomic E-state index is 5.75. The minimum Gasteiger partial charge on any atom is -0.497 e. The van der Waals surface area contributed by atoms with Gasteiger partial charge in [0, 0.05) is 49.4 Å². The third-order valence-corrected chi connectivity index (χ3v) is 11.2. The van der Waals surface area contributed by atoms with Crippen molar-refractivity contribution in [1.82, 2.24) is 13.7 Å². The third kappa shape index (κ3) is 4.73. The molecule has 55 heavy (non-hydrogen) atoms. The fraction of sp³-hybridized carbons (Fsp3) is 0.0400. The number of fused-ring (bicyclic) bond motifs is 9. The number of hydrogen-bond acceptors (Lipinski definition) is 2. The molecule has 11 aromatic rings. The summed E-state index contributed by atoms with van der Waals surface area (Å²) in [5.74, 6) is 1.68. The van der Waals surface area contributed by atoms with Crippen LogP contribution in [0.5, 0.6) is 11.5 Å². The maximum atomic E-state index is 5.75.